The number of aromatic nitrogens is 3. The number of benzene rings is 1. The minimum absolute atomic E-state index is 0.365. The van der Waals surface area contributed by atoms with E-state index in [2.05, 4.69) is 10.3 Å². The molecule has 0 amide bonds. The first-order valence-corrected chi connectivity index (χ1v) is 6.63. The van der Waals surface area contributed by atoms with E-state index in [0.717, 1.165) is 0 Å². The molecule has 3 rings (SSSR count). The molecule has 0 fully saturated rings. The van der Waals surface area contributed by atoms with Crippen LogP contribution in [0.3, 0.4) is 0 Å². The van der Waals surface area contributed by atoms with Crippen molar-refractivity contribution < 1.29 is 14.6 Å². The van der Waals surface area contributed by atoms with Gasteiger partial charge in [0.1, 0.15) is 13.2 Å². The van der Waals surface area contributed by atoms with Crippen molar-refractivity contribution in [1.82, 2.24) is 15.0 Å². The summed E-state index contributed by atoms with van der Waals surface area (Å²) in [5, 5.41) is 18.5. The Kier molecular flexibility index (Phi) is 3.50. The number of aliphatic hydroxyl groups is 1. The minimum atomic E-state index is -0.722. The number of aliphatic hydroxyl groups excluding tert-OH is 1. The van der Waals surface area contributed by atoms with Gasteiger partial charge in [-0.1, -0.05) is 16.8 Å². The number of fused-ring (bicyclic) bond motifs is 1. The molecule has 2 heterocycles. The van der Waals surface area contributed by atoms with Crippen molar-refractivity contribution in [1.29, 1.82) is 0 Å². The molecular formula is C13H14ClN3O3. The third-order valence-corrected chi connectivity index (χ3v) is 3.34. The summed E-state index contributed by atoms with van der Waals surface area (Å²) in [6.07, 6.45) is 1.41. The third kappa shape index (κ3) is 2.57. The number of hydrogen-bond acceptors (Lipinski definition) is 5. The van der Waals surface area contributed by atoms with E-state index in [4.69, 9.17) is 21.1 Å². The first kappa shape index (κ1) is 13.2. The molecule has 0 saturated carbocycles. The van der Waals surface area contributed by atoms with Crippen molar-refractivity contribution in [2.45, 2.75) is 12.5 Å². The topological polar surface area (TPSA) is 69.4 Å². The van der Waals surface area contributed by atoms with Crippen molar-refractivity contribution in [3.05, 3.63) is 34.6 Å². The maximum Gasteiger partial charge on any atom is 0.179 e. The largest absolute Gasteiger partial charge is 0.486 e. The molecule has 1 N–H and O–H groups in total. The molecule has 2 aromatic rings. The van der Waals surface area contributed by atoms with E-state index in [1.165, 1.54) is 0 Å². The molecule has 20 heavy (non-hydrogen) atoms. The summed E-state index contributed by atoms with van der Waals surface area (Å²) >= 11 is 6.15. The fourth-order valence-electron chi connectivity index (χ4n) is 2.13. The molecule has 1 aromatic carbocycles. The van der Waals surface area contributed by atoms with Gasteiger partial charge in [-0.25, -0.2) is 0 Å². The highest BCUT2D eigenvalue weighted by Gasteiger charge is 2.20. The second-order valence-electron chi connectivity index (χ2n) is 4.63. The van der Waals surface area contributed by atoms with Crippen molar-refractivity contribution >= 4 is 11.6 Å². The van der Waals surface area contributed by atoms with Gasteiger partial charge in [0.2, 0.25) is 0 Å². The van der Waals surface area contributed by atoms with Crippen LogP contribution in [0.5, 0.6) is 11.5 Å². The summed E-state index contributed by atoms with van der Waals surface area (Å²) in [5.74, 6) is 1.10. The molecule has 1 aliphatic heterocycles. The molecule has 1 aliphatic rings. The minimum Gasteiger partial charge on any atom is -0.486 e. The lowest BCUT2D eigenvalue weighted by molar-refractivity contribution is 0.164. The van der Waals surface area contributed by atoms with Crippen LogP contribution in [0.15, 0.2) is 18.3 Å². The quantitative estimate of drug-likeness (QED) is 0.929. The smallest absolute Gasteiger partial charge is 0.179 e. The lowest BCUT2D eigenvalue weighted by Gasteiger charge is -2.21. The molecule has 1 atom stereocenters. The fraction of sp³-hybridized carbons (Fsp3) is 0.385. The SMILES string of the molecule is Cn1cc(CC(O)c2cc(Cl)c3c(c2)OCCO3)nn1. The zero-order valence-corrected chi connectivity index (χ0v) is 11.7. The van der Waals surface area contributed by atoms with Gasteiger partial charge in [-0.3, -0.25) is 4.68 Å². The standard InChI is InChI=1S/C13H14ClN3O3/c1-17-7-9(15-16-17)6-11(18)8-4-10(14)13-12(5-8)19-2-3-20-13/h4-5,7,11,18H,2-3,6H2,1H3. The second kappa shape index (κ2) is 5.30. The van der Waals surface area contributed by atoms with Crippen LogP contribution in [0.2, 0.25) is 5.02 Å². The van der Waals surface area contributed by atoms with Crippen LogP contribution in [0.1, 0.15) is 17.4 Å². The summed E-state index contributed by atoms with van der Waals surface area (Å²) in [5.41, 5.74) is 1.39. The predicted octanol–water partition coefficient (Wildman–Crippen LogP) is 1.52. The van der Waals surface area contributed by atoms with Crippen LogP contribution < -0.4 is 9.47 Å². The molecule has 0 aliphatic carbocycles. The zero-order valence-electron chi connectivity index (χ0n) is 10.9. The first-order valence-electron chi connectivity index (χ1n) is 6.26. The van der Waals surface area contributed by atoms with E-state index in [1.807, 2.05) is 0 Å². The van der Waals surface area contributed by atoms with E-state index < -0.39 is 6.10 Å². The lowest BCUT2D eigenvalue weighted by atomic mass is 10.0. The van der Waals surface area contributed by atoms with Crippen LogP contribution in [0.25, 0.3) is 0 Å². The normalized spacial score (nSPS) is 15.2. The number of ether oxygens (including phenoxy) is 2. The number of nitrogens with zero attached hydrogens (tertiary/aromatic N) is 3. The summed E-state index contributed by atoms with van der Waals surface area (Å²) in [7, 11) is 1.78. The summed E-state index contributed by atoms with van der Waals surface area (Å²) < 4.78 is 12.5. The van der Waals surface area contributed by atoms with Crippen LogP contribution in [-0.2, 0) is 13.5 Å². The molecule has 7 heteroatoms. The highest BCUT2D eigenvalue weighted by molar-refractivity contribution is 6.32. The number of rotatable bonds is 3. The van der Waals surface area contributed by atoms with E-state index >= 15 is 0 Å². The van der Waals surface area contributed by atoms with Gasteiger partial charge in [0.05, 0.1) is 16.8 Å². The Morgan fingerprint density at radius 1 is 1.40 bits per heavy atom. The van der Waals surface area contributed by atoms with E-state index in [0.29, 0.717) is 47.4 Å². The van der Waals surface area contributed by atoms with Crippen molar-refractivity contribution in [3.63, 3.8) is 0 Å². The Hall–Kier alpha value is -1.79. The zero-order chi connectivity index (χ0) is 14.1. The number of hydrogen-bond donors (Lipinski definition) is 1. The van der Waals surface area contributed by atoms with Gasteiger partial charge in [-0.2, -0.15) is 0 Å². The predicted molar refractivity (Wildman–Crippen MR) is 72.1 cm³/mol. The van der Waals surface area contributed by atoms with Gasteiger partial charge >= 0.3 is 0 Å². The van der Waals surface area contributed by atoms with Crippen molar-refractivity contribution in [3.8, 4) is 11.5 Å². The van der Waals surface area contributed by atoms with E-state index in [1.54, 1.807) is 30.1 Å². The van der Waals surface area contributed by atoms with Gasteiger partial charge in [0.25, 0.3) is 0 Å². The molecule has 106 valence electrons. The average molecular weight is 296 g/mol. The second-order valence-corrected chi connectivity index (χ2v) is 5.04. The maximum atomic E-state index is 10.3. The Morgan fingerprint density at radius 3 is 2.95 bits per heavy atom. The van der Waals surface area contributed by atoms with Crippen LogP contribution in [0, 0.1) is 0 Å². The van der Waals surface area contributed by atoms with Gasteiger partial charge in [0.15, 0.2) is 11.5 Å². The summed E-state index contributed by atoms with van der Waals surface area (Å²) in [4.78, 5) is 0. The molecular weight excluding hydrogens is 282 g/mol. The molecule has 6 nitrogen and oxygen atoms in total. The maximum absolute atomic E-state index is 10.3. The highest BCUT2D eigenvalue weighted by atomic mass is 35.5. The molecule has 0 radical (unpaired) electrons. The van der Waals surface area contributed by atoms with Crippen molar-refractivity contribution in [2.75, 3.05) is 13.2 Å². The Bertz CT molecular complexity index is 629. The fourth-order valence-corrected chi connectivity index (χ4v) is 2.40. The lowest BCUT2D eigenvalue weighted by Crippen LogP contribution is -2.16. The van der Waals surface area contributed by atoms with Crippen LogP contribution in [-0.4, -0.2) is 33.3 Å². The van der Waals surface area contributed by atoms with Crippen LogP contribution >= 0.6 is 11.6 Å². The summed E-state index contributed by atoms with van der Waals surface area (Å²) in [6, 6.07) is 3.44. The van der Waals surface area contributed by atoms with E-state index in [9.17, 15) is 5.11 Å². The van der Waals surface area contributed by atoms with Gasteiger partial charge in [-0.05, 0) is 17.7 Å². The molecule has 0 saturated heterocycles. The molecule has 0 spiro atoms. The van der Waals surface area contributed by atoms with E-state index in [-0.39, 0.29) is 0 Å². The third-order valence-electron chi connectivity index (χ3n) is 3.06. The molecule has 1 unspecified atom stereocenters. The Balaban J connectivity index is 1.84. The average Bonchev–Trinajstić information content (AvgIpc) is 2.84. The Morgan fingerprint density at radius 2 is 2.20 bits per heavy atom. The highest BCUT2D eigenvalue weighted by Crippen LogP contribution is 2.40. The number of halogens is 1. The van der Waals surface area contributed by atoms with Gasteiger partial charge < -0.3 is 14.6 Å². The number of aryl methyl sites for hydroxylation is 1. The molecule has 1 aromatic heterocycles. The molecule has 0 bridgehead atoms. The van der Waals surface area contributed by atoms with Gasteiger partial charge in [0, 0.05) is 19.7 Å². The Labute approximate surface area is 120 Å². The van der Waals surface area contributed by atoms with Crippen LogP contribution in [0.4, 0.5) is 0 Å². The van der Waals surface area contributed by atoms with Crippen molar-refractivity contribution in [2.24, 2.45) is 7.05 Å². The summed E-state index contributed by atoms with van der Waals surface area (Å²) in [6.45, 7) is 0.960. The first-order chi connectivity index (χ1) is 9.63. The van der Waals surface area contributed by atoms with Gasteiger partial charge in [-0.15, -0.1) is 5.10 Å². The monoisotopic (exact) mass is 295 g/mol.